The number of imide groups is 1. The fourth-order valence-corrected chi connectivity index (χ4v) is 4.14. The summed E-state index contributed by atoms with van der Waals surface area (Å²) in [5.74, 6) is 0.598. The third kappa shape index (κ3) is 6.20. The van der Waals surface area contributed by atoms with Crippen LogP contribution in [-0.4, -0.2) is 79.0 Å². The molecule has 3 N–H and O–H groups in total. The molecule has 0 aromatic heterocycles. The Hall–Kier alpha value is -1.10. The van der Waals surface area contributed by atoms with Gasteiger partial charge in [0.15, 0.2) is 5.96 Å². The van der Waals surface area contributed by atoms with Crippen molar-refractivity contribution in [3.63, 3.8) is 0 Å². The number of rotatable bonds is 6. The number of carbonyl (C=O) groups excluding carboxylic acids is 2. The number of amides is 3. The van der Waals surface area contributed by atoms with E-state index in [-0.39, 0.29) is 42.5 Å². The van der Waals surface area contributed by atoms with Crippen molar-refractivity contribution in [2.75, 3.05) is 39.3 Å². The first-order valence-corrected chi connectivity index (χ1v) is 10.0. The van der Waals surface area contributed by atoms with Gasteiger partial charge in [-0.1, -0.05) is 12.8 Å². The van der Waals surface area contributed by atoms with Gasteiger partial charge in [0.25, 0.3) is 0 Å². The van der Waals surface area contributed by atoms with E-state index in [1.54, 1.807) is 0 Å². The molecule has 0 radical (unpaired) electrons. The van der Waals surface area contributed by atoms with Gasteiger partial charge in [0.2, 0.25) is 5.91 Å². The third-order valence-electron chi connectivity index (χ3n) is 5.59. The van der Waals surface area contributed by atoms with Crippen molar-refractivity contribution in [3.8, 4) is 0 Å². The zero-order valence-corrected chi connectivity index (χ0v) is 18.5. The summed E-state index contributed by atoms with van der Waals surface area (Å²) in [6, 6.07) is 0.923. The SMILES string of the molecule is CCNC(=NCCN1C(=O)CNC1=O)NC1CCN(C2CCCC2)CC1.I. The van der Waals surface area contributed by atoms with Gasteiger partial charge in [0, 0.05) is 31.7 Å². The molecule has 1 aliphatic carbocycles. The minimum Gasteiger partial charge on any atom is -0.357 e. The Morgan fingerprint density at radius 2 is 1.89 bits per heavy atom. The quantitative estimate of drug-likeness (QED) is 0.224. The molecule has 2 aliphatic heterocycles. The smallest absolute Gasteiger partial charge is 0.324 e. The molecule has 0 spiro atoms. The molecule has 2 saturated heterocycles. The molecule has 1 saturated carbocycles. The van der Waals surface area contributed by atoms with Crippen LogP contribution in [0.2, 0.25) is 0 Å². The van der Waals surface area contributed by atoms with Crippen LogP contribution in [0.25, 0.3) is 0 Å². The Kier molecular flexibility index (Phi) is 9.07. The van der Waals surface area contributed by atoms with Gasteiger partial charge in [0.05, 0.1) is 19.6 Å². The number of carbonyl (C=O) groups is 2. The number of nitrogens with one attached hydrogen (secondary N) is 3. The molecule has 154 valence electrons. The van der Waals surface area contributed by atoms with Crippen LogP contribution in [0.5, 0.6) is 0 Å². The van der Waals surface area contributed by atoms with Crippen molar-refractivity contribution in [1.29, 1.82) is 0 Å². The van der Waals surface area contributed by atoms with E-state index >= 15 is 0 Å². The molecule has 3 rings (SSSR count). The lowest BCUT2D eigenvalue weighted by molar-refractivity contribution is -0.124. The van der Waals surface area contributed by atoms with Crippen LogP contribution in [0, 0.1) is 0 Å². The molecule has 0 bridgehead atoms. The van der Waals surface area contributed by atoms with E-state index in [4.69, 9.17) is 0 Å². The van der Waals surface area contributed by atoms with Gasteiger partial charge < -0.3 is 20.9 Å². The van der Waals surface area contributed by atoms with Crippen LogP contribution in [0.3, 0.4) is 0 Å². The number of aliphatic imine (C=N–C) groups is 1. The van der Waals surface area contributed by atoms with E-state index in [0.717, 1.165) is 44.5 Å². The number of likely N-dealkylation sites (tertiary alicyclic amines) is 1. The molecule has 0 unspecified atom stereocenters. The molecule has 9 heteroatoms. The Morgan fingerprint density at radius 3 is 2.48 bits per heavy atom. The standard InChI is InChI=1S/C18H32N6O2.HI/c1-2-19-17(20-9-12-24-16(25)13-21-18(24)26)22-14-7-10-23(11-8-14)15-5-3-4-6-15;/h14-15H,2-13H2,1H3,(H,21,26)(H2,19,20,22);1H. The maximum absolute atomic E-state index is 11.6. The molecule has 3 fully saturated rings. The summed E-state index contributed by atoms with van der Waals surface area (Å²) in [6.45, 7) is 5.97. The molecule has 0 aromatic carbocycles. The minimum atomic E-state index is -0.317. The second-order valence-electron chi connectivity index (χ2n) is 7.36. The van der Waals surface area contributed by atoms with Crippen LogP contribution in [0.1, 0.15) is 45.4 Å². The van der Waals surface area contributed by atoms with E-state index in [9.17, 15) is 9.59 Å². The molecule has 8 nitrogen and oxygen atoms in total. The van der Waals surface area contributed by atoms with Crippen LogP contribution in [0.15, 0.2) is 4.99 Å². The average Bonchev–Trinajstić information content (AvgIpc) is 3.28. The lowest BCUT2D eigenvalue weighted by Gasteiger charge is -2.36. The van der Waals surface area contributed by atoms with Crippen LogP contribution in [0.4, 0.5) is 4.79 Å². The maximum Gasteiger partial charge on any atom is 0.324 e. The lowest BCUT2D eigenvalue weighted by atomic mass is 10.0. The Morgan fingerprint density at radius 1 is 1.19 bits per heavy atom. The van der Waals surface area contributed by atoms with E-state index in [0.29, 0.717) is 19.1 Å². The van der Waals surface area contributed by atoms with Gasteiger partial charge in [-0.3, -0.25) is 14.7 Å². The summed E-state index contributed by atoms with van der Waals surface area (Å²) in [4.78, 5) is 31.6. The normalized spacial score (nSPS) is 22.7. The van der Waals surface area contributed by atoms with Crippen molar-refractivity contribution >= 4 is 41.9 Å². The summed E-state index contributed by atoms with van der Waals surface area (Å²) in [5.41, 5.74) is 0. The Bertz CT molecular complexity index is 514. The maximum atomic E-state index is 11.6. The summed E-state index contributed by atoms with van der Waals surface area (Å²) >= 11 is 0. The van der Waals surface area contributed by atoms with Gasteiger partial charge in [-0.15, -0.1) is 24.0 Å². The topological polar surface area (TPSA) is 89.1 Å². The number of hydrogen-bond donors (Lipinski definition) is 3. The second kappa shape index (κ2) is 11.0. The van der Waals surface area contributed by atoms with Gasteiger partial charge in [0.1, 0.15) is 0 Å². The molecule has 3 amide bonds. The molecule has 2 heterocycles. The molecule has 27 heavy (non-hydrogen) atoms. The fourth-order valence-electron chi connectivity index (χ4n) is 4.14. The van der Waals surface area contributed by atoms with Crippen molar-refractivity contribution in [1.82, 2.24) is 25.8 Å². The Balaban J connectivity index is 0.00000261. The molecule has 3 aliphatic rings. The van der Waals surface area contributed by atoms with Crippen molar-refractivity contribution in [2.24, 2.45) is 4.99 Å². The van der Waals surface area contributed by atoms with Gasteiger partial charge in [-0.05, 0) is 32.6 Å². The highest BCUT2D eigenvalue weighted by Crippen LogP contribution is 2.26. The zero-order valence-electron chi connectivity index (χ0n) is 16.2. The number of urea groups is 1. The molecule has 0 aromatic rings. The highest BCUT2D eigenvalue weighted by molar-refractivity contribution is 14.0. The first-order valence-electron chi connectivity index (χ1n) is 10.0. The first-order chi connectivity index (χ1) is 12.7. The van der Waals surface area contributed by atoms with Crippen LogP contribution < -0.4 is 16.0 Å². The second-order valence-corrected chi connectivity index (χ2v) is 7.36. The number of hydrogen-bond acceptors (Lipinski definition) is 4. The lowest BCUT2D eigenvalue weighted by Crippen LogP contribution is -2.50. The van der Waals surface area contributed by atoms with Gasteiger partial charge >= 0.3 is 6.03 Å². The largest absolute Gasteiger partial charge is 0.357 e. The number of nitrogens with zero attached hydrogens (tertiary/aromatic N) is 3. The van der Waals surface area contributed by atoms with Crippen molar-refractivity contribution < 1.29 is 9.59 Å². The summed E-state index contributed by atoms with van der Waals surface area (Å²) in [6.07, 6.45) is 7.77. The predicted octanol–water partition coefficient (Wildman–Crippen LogP) is 1.12. The van der Waals surface area contributed by atoms with Crippen LogP contribution >= 0.6 is 24.0 Å². The van der Waals surface area contributed by atoms with Crippen molar-refractivity contribution in [3.05, 3.63) is 0 Å². The zero-order chi connectivity index (χ0) is 18.4. The predicted molar refractivity (Wildman–Crippen MR) is 116 cm³/mol. The monoisotopic (exact) mass is 492 g/mol. The summed E-state index contributed by atoms with van der Waals surface area (Å²) in [7, 11) is 0. The van der Waals surface area contributed by atoms with Crippen LogP contribution in [-0.2, 0) is 4.79 Å². The molecular weight excluding hydrogens is 459 g/mol. The highest BCUT2D eigenvalue weighted by atomic mass is 127. The number of piperidine rings is 1. The summed E-state index contributed by atoms with van der Waals surface area (Å²) < 4.78 is 0. The molecule has 0 atom stereocenters. The first kappa shape index (κ1) is 22.2. The summed E-state index contributed by atoms with van der Waals surface area (Å²) in [5, 5.41) is 9.32. The van der Waals surface area contributed by atoms with E-state index < -0.39 is 0 Å². The van der Waals surface area contributed by atoms with Crippen molar-refractivity contribution in [2.45, 2.75) is 57.5 Å². The minimum absolute atomic E-state index is 0. The van der Waals surface area contributed by atoms with E-state index in [2.05, 4.69) is 25.8 Å². The number of guanidine groups is 1. The Labute approximate surface area is 178 Å². The van der Waals surface area contributed by atoms with Gasteiger partial charge in [-0.25, -0.2) is 4.79 Å². The number of halogens is 1. The van der Waals surface area contributed by atoms with E-state index in [1.165, 1.54) is 30.6 Å². The van der Waals surface area contributed by atoms with Gasteiger partial charge in [-0.2, -0.15) is 0 Å². The van der Waals surface area contributed by atoms with E-state index in [1.807, 2.05) is 6.92 Å². The third-order valence-corrected chi connectivity index (χ3v) is 5.59. The average molecular weight is 492 g/mol. The highest BCUT2D eigenvalue weighted by Gasteiger charge is 2.28. The fraction of sp³-hybridized carbons (Fsp3) is 0.833. The molecular formula is C18H33IN6O2.